The topological polar surface area (TPSA) is 79.7 Å². The van der Waals surface area contributed by atoms with Gasteiger partial charge in [0.25, 0.3) is 0 Å². The van der Waals surface area contributed by atoms with E-state index >= 15 is 0 Å². The van der Waals surface area contributed by atoms with Gasteiger partial charge in [0.15, 0.2) is 0 Å². The fourth-order valence-electron chi connectivity index (χ4n) is 3.23. The van der Waals surface area contributed by atoms with Gasteiger partial charge in [0, 0.05) is 45.6 Å². The van der Waals surface area contributed by atoms with Crippen molar-refractivity contribution in [2.75, 3.05) is 26.2 Å². The van der Waals surface area contributed by atoms with Crippen LogP contribution in [0, 0.1) is 0 Å². The average molecular weight is 399 g/mol. The van der Waals surface area contributed by atoms with Crippen molar-refractivity contribution in [3.8, 4) is 0 Å². The Hall–Kier alpha value is -3.03. The van der Waals surface area contributed by atoms with Crippen LogP contribution in [-0.2, 0) is 11.8 Å². The first-order valence-corrected chi connectivity index (χ1v) is 9.80. The number of piperazine rings is 1. The molecule has 1 aromatic carbocycles. The third-order valence-corrected chi connectivity index (χ3v) is 4.74. The Morgan fingerprint density at radius 2 is 1.69 bits per heavy atom. The van der Waals surface area contributed by atoms with Crippen LogP contribution in [-0.4, -0.2) is 63.3 Å². The highest BCUT2D eigenvalue weighted by Crippen LogP contribution is 2.21. The van der Waals surface area contributed by atoms with E-state index in [1.54, 1.807) is 16.0 Å². The van der Waals surface area contributed by atoms with Gasteiger partial charge in [0.2, 0.25) is 0 Å². The van der Waals surface area contributed by atoms with Crippen molar-refractivity contribution >= 4 is 12.1 Å². The van der Waals surface area contributed by atoms with Crippen LogP contribution >= 0.6 is 0 Å². The molecule has 1 aliphatic heterocycles. The lowest BCUT2D eigenvalue weighted by atomic mass is 10.1. The summed E-state index contributed by atoms with van der Waals surface area (Å²) in [5.41, 5.74) is 0.430. The lowest BCUT2D eigenvalue weighted by Crippen LogP contribution is -2.54. The number of nitrogens with zero attached hydrogens (tertiary/aromatic N) is 4. The van der Waals surface area contributed by atoms with E-state index in [0.29, 0.717) is 26.2 Å². The summed E-state index contributed by atoms with van der Waals surface area (Å²) in [5, 5.41) is 3.10. The highest BCUT2D eigenvalue weighted by molar-refractivity contribution is 5.76. The number of hydrogen-bond donors (Lipinski definition) is 1. The van der Waals surface area contributed by atoms with Crippen LogP contribution in [0.4, 0.5) is 9.59 Å². The molecule has 0 spiro atoms. The van der Waals surface area contributed by atoms with Crippen LogP contribution in [0.15, 0.2) is 42.7 Å². The minimum atomic E-state index is -0.531. The third-order valence-electron chi connectivity index (χ3n) is 4.74. The number of carbonyl (C=O) groups excluding carboxylic acids is 2. The number of benzene rings is 1. The van der Waals surface area contributed by atoms with Gasteiger partial charge in [-0.25, -0.2) is 14.6 Å². The van der Waals surface area contributed by atoms with Crippen LogP contribution in [0.25, 0.3) is 0 Å². The zero-order chi connectivity index (χ0) is 21.0. The molecule has 2 heterocycles. The lowest BCUT2D eigenvalue weighted by molar-refractivity contribution is 0.0169. The Balaban J connectivity index is 1.64. The van der Waals surface area contributed by atoms with Crippen LogP contribution in [0.5, 0.6) is 0 Å². The number of amides is 3. The summed E-state index contributed by atoms with van der Waals surface area (Å²) in [5.74, 6) is 0.761. The molecule has 3 amide bonds. The second-order valence-electron chi connectivity index (χ2n) is 8.14. The molecular weight excluding hydrogens is 370 g/mol. The van der Waals surface area contributed by atoms with E-state index < -0.39 is 5.60 Å². The zero-order valence-electron chi connectivity index (χ0n) is 17.5. The van der Waals surface area contributed by atoms with Gasteiger partial charge in [-0.2, -0.15) is 0 Å². The maximum Gasteiger partial charge on any atom is 0.410 e. The Kier molecular flexibility index (Phi) is 6.10. The Bertz CT molecular complexity index is 836. The predicted molar refractivity (Wildman–Crippen MR) is 109 cm³/mol. The van der Waals surface area contributed by atoms with Gasteiger partial charge < -0.3 is 24.4 Å². The maximum atomic E-state index is 12.9. The Labute approximate surface area is 171 Å². The van der Waals surface area contributed by atoms with E-state index in [-0.39, 0.29) is 18.2 Å². The van der Waals surface area contributed by atoms with Gasteiger partial charge in [-0.3, -0.25) is 0 Å². The van der Waals surface area contributed by atoms with Crippen molar-refractivity contribution < 1.29 is 14.3 Å². The standard InChI is InChI=1S/C21H29N5O3/c1-21(2,3)29-20(28)26-14-12-25(13-15-26)19(27)23-17(16-8-6-5-7-9-16)18-22-10-11-24(18)4/h5-11,17H,12-15H2,1-4H3,(H,23,27). The number of carbonyl (C=O) groups is 2. The Morgan fingerprint density at radius 1 is 1.07 bits per heavy atom. The average Bonchev–Trinajstić information content (AvgIpc) is 3.11. The molecule has 1 fully saturated rings. The number of imidazole rings is 1. The van der Waals surface area contributed by atoms with Crippen LogP contribution in [0.2, 0.25) is 0 Å². The van der Waals surface area contributed by atoms with Gasteiger partial charge in [-0.05, 0) is 26.3 Å². The second-order valence-corrected chi connectivity index (χ2v) is 8.14. The number of aryl methyl sites for hydroxylation is 1. The minimum absolute atomic E-state index is 0.175. The van der Waals surface area contributed by atoms with E-state index in [1.165, 1.54) is 0 Å². The summed E-state index contributed by atoms with van der Waals surface area (Å²) in [6.45, 7) is 7.32. The third kappa shape index (κ3) is 5.28. The summed E-state index contributed by atoms with van der Waals surface area (Å²) in [7, 11) is 1.91. The van der Waals surface area contributed by atoms with Crippen molar-refractivity contribution in [2.45, 2.75) is 32.4 Å². The largest absolute Gasteiger partial charge is 0.444 e. The first kappa shape index (κ1) is 20.7. The van der Waals surface area contributed by atoms with Gasteiger partial charge in [0.05, 0.1) is 0 Å². The summed E-state index contributed by atoms with van der Waals surface area (Å²) < 4.78 is 7.32. The van der Waals surface area contributed by atoms with Gasteiger partial charge >= 0.3 is 12.1 Å². The molecule has 1 saturated heterocycles. The number of nitrogens with one attached hydrogen (secondary N) is 1. The first-order chi connectivity index (χ1) is 13.7. The highest BCUT2D eigenvalue weighted by Gasteiger charge is 2.29. The summed E-state index contributed by atoms with van der Waals surface area (Å²) in [6.07, 6.45) is 3.24. The predicted octanol–water partition coefficient (Wildman–Crippen LogP) is 2.77. The van der Waals surface area contributed by atoms with Crippen LogP contribution < -0.4 is 5.32 Å². The van der Waals surface area contributed by atoms with Crippen molar-refractivity contribution in [2.24, 2.45) is 7.05 Å². The van der Waals surface area contributed by atoms with Gasteiger partial charge in [-0.15, -0.1) is 0 Å². The molecule has 1 atom stereocenters. The normalized spacial score (nSPS) is 15.7. The molecule has 0 saturated carbocycles. The maximum absolute atomic E-state index is 12.9. The molecule has 0 radical (unpaired) electrons. The van der Waals surface area contributed by atoms with Crippen molar-refractivity contribution in [3.63, 3.8) is 0 Å². The molecule has 1 aliphatic rings. The summed E-state index contributed by atoms with van der Waals surface area (Å²) in [4.78, 5) is 32.9. The van der Waals surface area contributed by atoms with Crippen molar-refractivity contribution in [1.29, 1.82) is 0 Å². The second kappa shape index (κ2) is 8.55. The zero-order valence-corrected chi connectivity index (χ0v) is 17.5. The van der Waals surface area contributed by atoms with Crippen molar-refractivity contribution in [3.05, 3.63) is 54.1 Å². The smallest absolute Gasteiger partial charge is 0.410 e. The van der Waals surface area contributed by atoms with Crippen LogP contribution in [0.1, 0.15) is 38.2 Å². The van der Waals surface area contributed by atoms with E-state index in [0.717, 1.165) is 11.4 Å². The number of aromatic nitrogens is 2. The molecule has 0 bridgehead atoms. The quantitative estimate of drug-likeness (QED) is 0.861. The molecular formula is C21H29N5O3. The highest BCUT2D eigenvalue weighted by atomic mass is 16.6. The fourth-order valence-corrected chi connectivity index (χ4v) is 3.23. The minimum Gasteiger partial charge on any atom is -0.444 e. The molecule has 3 rings (SSSR count). The molecule has 29 heavy (non-hydrogen) atoms. The molecule has 0 aliphatic carbocycles. The summed E-state index contributed by atoms with van der Waals surface area (Å²) >= 11 is 0. The number of hydrogen-bond acceptors (Lipinski definition) is 4. The molecule has 1 unspecified atom stereocenters. The molecule has 2 aromatic rings. The van der Waals surface area contributed by atoms with Gasteiger partial charge in [-0.1, -0.05) is 30.3 Å². The number of ether oxygens (including phenoxy) is 1. The van der Waals surface area contributed by atoms with E-state index in [4.69, 9.17) is 4.74 Å². The number of urea groups is 1. The molecule has 156 valence electrons. The lowest BCUT2D eigenvalue weighted by Gasteiger charge is -2.36. The van der Waals surface area contributed by atoms with Crippen LogP contribution in [0.3, 0.4) is 0 Å². The van der Waals surface area contributed by atoms with Crippen molar-refractivity contribution in [1.82, 2.24) is 24.7 Å². The van der Waals surface area contributed by atoms with Gasteiger partial charge in [0.1, 0.15) is 17.5 Å². The van der Waals surface area contributed by atoms with E-state index in [2.05, 4.69) is 10.3 Å². The van der Waals surface area contributed by atoms with E-state index in [1.807, 2.05) is 68.9 Å². The molecule has 1 N–H and O–H groups in total. The molecule has 8 heteroatoms. The SMILES string of the molecule is Cn1ccnc1C(NC(=O)N1CCN(C(=O)OC(C)(C)C)CC1)c1ccccc1. The summed E-state index contributed by atoms with van der Waals surface area (Å²) in [6, 6.07) is 9.24. The first-order valence-electron chi connectivity index (χ1n) is 9.80. The number of rotatable bonds is 3. The molecule has 1 aromatic heterocycles. The molecule has 8 nitrogen and oxygen atoms in total. The monoisotopic (exact) mass is 399 g/mol. The van der Waals surface area contributed by atoms with E-state index in [9.17, 15) is 9.59 Å². The Morgan fingerprint density at radius 3 is 2.24 bits per heavy atom. The fraction of sp³-hybridized carbons (Fsp3) is 0.476.